The lowest BCUT2D eigenvalue weighted by atomic mass is 10.1. The summed E-state index contributed by atoms with van der Waals surface area (Å²) in [4.78, 5) is 3.00. The Morgan fingerprint density at radius 2 is 2.19 bits per heavy atom. The number of fused-ring (bicyclic) bond motifs is 1. The minimum absolute atomic E-state index is 0.275. The van der Waals surface area contributed by atoms with Crippen LogP contribution in [0.15, 0.2) is 30.6 Å². The Balaban J connectivity index is 2.37. The summed E-state index contributed by atoms with van der Waals surface area (Å²) < 4.78 is 13.7. The molecule has 0 aliphatic rings. The van der Waals surface area contributed by atoms with Gasteiger partial charge in [0.1, 0.15) is 5.82 Å². The number of nitrogens with one attached hydrogen (secondary N) is 2. The van der Waals surface area contributed by atoms with Crippen LogP contribution in [-0.2, 0) is 0 Å². The van der Waals surface area contributed by atoms with Crippen molar-refractivity contribution in [2.75, 3.05) is 5.73 Å². The van der Waals surface area contributed by atoms with E-state index in [0.717, 1.165) is 5.52 Å². The summed E-state index contributed by atoms with van der Waals surface area (Å²) in [6, 6.07) is 4.90. The van der Waals surface area contributed by atoms with E-state index in [0.29, 0.717) is 22.3 Å². The third-order valence-corrected chi connectivity index (χ3v) is 2.59. The molecule has 0 bridgehead atoms. The molecule has 1 aromatic carbocycles. The average molecular weight is 216 g/mol. The van der Waals surface area contributed by atoms with Gasteiger partial charge >= 0.3 is 0 Å². The van der Waals surface area contributed by atoms with Crippen LogP contribution in [0.5, 0.6) is 0 Å². The molecular formula is C11H9FN4. The molecule has 5 heteroatoms. The van der Waals surface area contributed by atoms with Gasteiger partial charge in [-0.25, -0.2) is 4.39 Å². The predicted molar refractivity (Wildman–Crippen MR) is 60.3 cm³/mol. The summed E-state index contributed by atoms with van der Waals surface area (Å²) >= 11 is 0. The van der Waals surface area contributed by atoms with Crippen molar-refractivity contribution in [3.8, 4) is 11.3 Å². The van der Waals surface area contributed by atoms with Crippen LogP contribution in [0.2, 0.25) is 0 Å². The quantitative estimate of drug-likeness (QED) is 0.584. The topological polar surface area (TPSA) is 70.5 Å². The Morgan fingerprint density at radius 3 is 2.94 bits per heavy atom. The summed E-state index contributed by atoms with van der Waals surface area (Å²) in [5, 5.41) is 7.12. The van der Waals surface area contributed by atoms with E-state index < -0.39 is 0 Å². The first kappa shape index (κ1) is 8.96. The van der Waals surface area contributed by atoms with Crippen molar-refractivity contribution in [3.05, 3.63) is 36.4 Å². The zero-order valence-corrected chi connectivity index (χ0v) is 8.29. The van der Waals surface area contributed by atoms with E-state index in [1.807, 2.05) is 6.07 Å². The van der Waals surface area contributed by atoms with Crippen LogP contribution in [0.1, 0.15) is 0 Å². The van der Waals surface area contributed by atoms with Crippen LogP contribution in [0.4, 0.5) is 10.1 Å². The number of hydrogen-bond donors (Lipinski definition) is 3. The number of rotatable bonds is 1. The second-order valence-electron chi connectivity index (χ2n) is 3.57. The molecule has 2 aromatic heterocycles. The van der Waals surface area contributed by atoms with E-state index in [1.165, 1.54) is 12.3 Å². The Kier molecular flexibility index (Phi) is 1.73. The first-order valence-electron chi connectivity index (χ1n) is 4.82. The van der Waals surface area contributed by atoms with Crippen molar-refractivity contribution in [1.82, 2.24) is 15.2 Å². The average Bonchev–Trinajstić information content (AvgIpc) is 2.84. The maximum absolute atomic E-state index is 13.7. The van der Waals surface area contributed by atoms with Gasteiger partial charge in [-0.05, 0) is 12.1 Å². The molecular weight excluding hydrogens is 207 g/mol. The van der Waals surface area contributed by atoms with E-state index in [2.05, 4.69) is 15.2 Å². The highest BCUT2D eigenvalue weighted by atomic mass is 19.1. The third-order valence-electron chi connectivity index (χ3n) is 2.59. The molecule has 0 fully saturated rings. The number of aromatic nitrogens is 3. The zero-order valence-electron chi connectivity index (χ0n) is 8.29. The number of nitrogens with two attached hydrogens (primary N) is 1. The van der Waals surface area contributed by atoms with Crippen molar-refractivity contribution in [2.24, 2.45) is 0 Å². The SMILES string of the molecule is Nc1cn[nH]c1-c1c[nH]c2cccc(F)c12. The number of nitrogen functional groups attached to an aromatic ring is 1. The van der Waals surface area contributed by atoms with Crippen LogP contribution in [0.25, 0.3) is 22.2 Å². The van der Waals surface area contributed by atoms with Crippen molar-refractivity contribution >= 4 is 16.6 Å². The van der Waals surface area contributed by atoms with Gasteiger partial charge in [0, 0.05) is 22.7 Å². The van der Waals surface area contributed by atoms with Crippen molar-refractivity contribution in [3.63, 3.8) is 0 Å². The molecule has 0 amide bonds. The van der Waals surface area contributed by atoms with Gasteiger partial charge < -0.3 is 10.7 Å². The summed E-state index contributed by atoms with van der Waals surface area (Å²) in [6.45, 7) is 0. The van der Waals surface area contributed by atoms with E-state index in [4.69, 9.17) is 5.73 Å². The molecule has 2 heterocycles. The Hall–Kier alpha value is -2.30. The molecule has 16 heavy (non-hydrogen) atoms. The second kappa shape index (κ2) is 3.10. The van der Waals surface area contributed by atoms with Crippen molar-refractivity contribution in [1.29, 1.82) is 0 Å². The van der Waals surface area contributed by atoms with E-state index in [9.17, 15) is 4.39 Å². The molecule has 0 radical (unpaired) electrons. The standard InChI is InChI=1S/C11H9FN4/c12-7-2-1-3-9-10(7)6(4-14-9)11-8(13)5-15-16-11/h1-5,14H,13H2,(H,15,16). The fourth-order valence-electron chi connectivity index (χ4n) is 1.85. The van der Waals surface area contributed by atoms with Crippen molar-refractivity contribution < 1.29 is 4.39 Å². The van der Waals surface area contributed by atoms with Crippen molar-refractivity contribution in [2.45, 2.75) is 0 Å². The van der Waals surface area contributed by atoms with Crippen LogP contribution >= 0.6 is 0 Å². The Bertz CT molecular complexity index is 653. The van der Waals surface area contributed by atoms with E-state index in [1.54, 1.807) is 12.3 Å². The molecule has 0 spiro atoms. The van der Waals surface area contributed by atoms with Gasteiger partial charge in [-0.1, -0.05) is 6.07 Å². The fraction of sp³-hybridized carbons (Fsp3) is 0. The summed E-state index contributed by atoms with van der Waals surface area (Å²) in [7, 11) is 0. The molecule has 80 valence electrons. The highest BCUT2D eigenvalue weighted by molar-refractivity contribution is 5.97. The van der Waals surface area contributed by atoms with Crippen LogP contribution in [0, 0.1) is 5.82 Å². The van der Waals surface area contributed by atoms with Crippen LogP contribution in [-0.4, -0.2) is 15.2 Å². The summed E-state index contributed by atoms with van der Waals surface area (Å²) in [6.07, 6.45) is 3.23. The normalized spacial score (nSPS) is 11.1. The smallest absolute Gasteiger partial charge is 0.133 e. The number of aromatic amines is 2. The Labute approximate surface area is 90.3 Å². The summed E-state index contributed by atoms with van der Waals surface area (Å²) in [5.41, 5.74) is 8.32. The van der Waals surface area contributed by atoms with E-state index in [-0.39, 0.29) is 5.82 Å². The number of hydrogen-bond acceptors (Lipinski definition) is 2. The van der Waals surface area contributed by atoms with Gasteiger partial charge in [0.25, 0.3) is 0 Å². The maximum Gasteiger partial charge on any atom is 0.133 e. The van der Waals surface area contributed by atoms with Crippen LogP contribution in [0.3, 0.4) is 0 Å². The third kappa shape index (κ3) is 1.11. The number of nitrogens with zero attached hydrogens (tertiary/aromatic N) is 1. The zero-order chi connectivity index (χ0) is 11.1. The molecule has 0 aliphatic carbocycles. The number of anilines is 1. The number of halogens is 1. The van der Waals surface area contributed by atoms with Gasteiger partial charge in [-0.15, -0.1) is 0 Å². The van der Waals surface area contributed by atoms with Gasteiger partial charge in [0.2, 0.25) is 0 Å². The Morgan fingerprint density at radius 1 is 1.31 bits per heavy atom. The molecule has 3 rings (SSSR count). The number of benzene rings is 1. The molecule has 4 N–H and O–H groups in total. The first-order chi connectivity index (χ1) is 7.77. The minimum Gasteiger partial charge on any atom is -0.396 e. The molecule has 0 saturated heterocycles. The molecule has 0 aliphatic heterocycles. The lowest BCUT2D eigenvalue weighted by Gasteiger charge is -1.98. The monoisotopic (exact) mass is 216 g/mol. The molecule has 0 saturated carbocycles. The lowest BCUT2D eigenvalue weighted by Crippen LogP contribution is -1.86. The van der Waals surface area contributed by atoms with Gasteiger partial charge in [0.15, 0.2) is 0 Å². The maximum atomic E-state index is 13.7. The van der Waals surface area contributed by atoms with Gasteiger partial charge in [-0.3, -0.25) is 5.10 Å². The predicted octanol–water partition coefficient (Wildman–Crippen LogP) is 2.28. The molecule has 4 nitrogen and oxygen atoms in total. The fourth-order valence-corrected chi connectivity index (χ4v) is 1.85. The molecule has 0 atom stereocenters. The summed E-state index contributed by atoms with van der Waals surface area (Å²) in [5.74, 6) is -0.275. The van der Waals surface area contributed by atoms with Crippen LogP contribution < -0.4 is 5.73 Å². The highest BCUT2D eigenvalue weighted by Gasteiger charge is 2.13. The highest BCUT2D eigenvalue weighted by Crippen LogP contribution is 2.31. The van der Waals surface area contributed by atoms with Gasteiger partial charge in [-0.2, -0.15) is 5.10 Å². The minimum atomic E-state index is -0.275. The van der Waals surface area contributed by atoms with E-state index >= 15 is 0 Å². The second-order valence-corrected chi connectivity index (χ2v) is 3.57. The molecule has 0 unspecified atom stereocenters. The number of H-pyrrole nitrogens is 2. The van der Waals surface area contributed by atoms with Gasteiger partial charge in [0.05, 0.1) is 17.6 Å². The largest absolute Gasteiger partial charge is 0.396 e. The lowest BCUT2D eigenvalue weighted by molar-refractivity contribution is 0.640. The molecule has 3 aromatic rings. The first-order valence-corrected chi connectivity index (χ1v) is 4.82.